The third-order valence-electron chi connectivity index (χ3n) is 2.51. The quantitative estimate of drug-likeness (QED) is 0.805. The molecule has 16 heavy (non-hydrogen) atoms. The first-order valence-electron chi connectivity index (χ1n) is 5.36. The van der Waals surface area contributed by atoms with Crippen LogP contribution in [0.2, 0.25) is 0 Å². The van der Waals surface area contributed by atoms with Gasteiger partial charge in [-0.05, 0) is 30.7 Å². The highest BCUT2D eigenvalue weighted by Crippen LogP contribution is 2.13. The molecule has 0 aliphatic rings. The fourth-order valence-corrected chi connectivity index (χ4v) is 2.35. The standard InChI is InChI=1S/C11H14N2O2S/c14-6-3-1-2-5-13-8-12-10-9(11(13)15)4-7-16-10/h4,7-8,14H,1-3,5-6H2. The van der Waals surface area contributed by atoms with Gasteiger partial charge in [0.2, 0.25) is 0 Å². The molecule has 0 atom stereocenters. The number of aryl methyl sites for hydroxylation is 1. The van der Waals surface area contributed by atoms with Gasteiger partial charge in [-0.15, -0.1) is 11.3 Å². The summed E-state index contributed by atoms with van der Waals surface area (Å²) in [5, 5.41) is 11.2. The van der Waals surface area contributed by atoms with Gasteiger partial charge in [-0.3, -0.25) is 9.36 Å². The van der Waals surface area contributed by atoms with Gasteiger partial charge in [0.15, 0.2) is 0 Å². The molecule has 1 N–H and O–H groups in total. The van der Waals surface area contributed by atoms with Crippen molar-refractivity contribution in [1.29, 1.82) is 0 Å². The monoisotopic (exact) mass is 238 g/mol. The van der Waals surface area contributed by atoms with Crippen LogP contribution < -0.4 is 5.56 Å². The molecule has 0 bridgehead atoms. The summed E-state index contributed by atoms with van der Waals surface area (Å²) < 4.78 is 1.65. The summed E-state index contributed by atoms with van der Waals surface area (Å²) >= 11 is 1.48. The van der Waals surface area contributed by atoms with E-state index in [1.54, 1.807) is 10.9 Å². The summed E-state index contributed by atoms with van der Waals surface area (Å²) in [6, 6.07) is 1.82. The normalized spacial score (nSPS) is 11.1. The molecule has 0 amide bonds. The number of unbranched alkanes of at least 4 members (excludes halogenated alkanes) is 2. The van der Waals surface area contributed by atoms with Gasteiger partial charge in [0, 0.05) is 13.2 Å². The zero-order chi connectivity index (χ0) is 11.4. The number of rotatable bonds is 5. The topological polar surface area (TPSA) is 55.1 Å². The lowest BCUT2D eigenvalue weighted by atomic mass is 10.2. The van der Waals surface area contributed by atoms with Gasteiger partial charge in [0.25, 0.3) is 5.56 Å². The average molecular weight is 238 g/mol. The minimum absolute atomic E-state index is 0.0373. The third kappa shape index (κ3) is 2.31. The highest BCUT2D eigenvalue weighted by atomic mass is 32.1. The fourth-order valence-electron chi connectivity index (χ4n) is 1.62. The number of aliphatic hydroxyl groups is 1. The maximum absolute atomic E-state index is 11.9. The fraction of sp³-hybridized carbons (Fsp3) is 0.455. The lowest BCUT2D eigenvalue weighted by Gasteiger charge is -2.04. The van der Waals surface area contributed by atoms with Crippen molar-refractivity contribution in [2.24, 2.45) is 0 Å². The largest absolute Gasteiger partial charge is 0.396 e. The van der Waals surface area contributed by atoms with E-state index < -0.39 is 0 Å². The van der Waals surface area contributed by atoms with Gasteiger partial charge in [-0.25, -0.2) is 4.98 Å². The van der Waals surface area contributed by atoms with Crippen LogP contribution in [0.25, 0.3) is 10.2 Å². The van der Waals surface area contributed by atoms with Crippen LogP contribution in [0.3, 0.4) is 0 Å². The minimum Gasteiger partial charge on any atom is -0.396 e. The van der Waals surface area contributed by atoms with Crippen molar-refractivity contribution < 1.29 is 5.11 Å². The van der Waals surface area contributed by atoms with E-state index in [9.17, 15) is 4.79 Å². The summed E-state index contributed by atoms with van der Waals surface area (Å²) in [5.41, 5.74) is 0.0373. The molecule has 0 aliphatic heterocycles. The smallest absolute Gasteiger partial charge is 0.262 e. The molecule has 0 aromatic carbocycles. The second-order valence-electron chi connectivity index (χ2n) is 3.67. The third-order valence-corrected chi connectivity index (χ3v) is 3.33. The summed E-state index contributed by atoms with van der Waals surface area (Å²) in [7, 11) is 0. The van der Waals surface area contributed by atoms with E-state index in [4.69, 9.17) is 5.11 Å². The van der Waals surface area contributed by atoms with Gasteiger partial charge in [-0.2, -0.15) is 0 Å². The Bertz CT molecular complexity index is 518. The molecule has 0 fully saturated rings. The number of thiophene rings is 1. The molecule has 4 nitrogen and oxygen atoms in total. The van der Waals surface area contributed by atoms with E-state index in [0.717, 1.165) is 24.1 Å². The molecule has 86 valence electrons. The number of nitrogens with zero attached hydrogens (tertiary/aromatic N) is 2. The predicted molar refractivity (Wildman–Crippen MR) is 64.8 cm³/mol. The summed E-state index contributed by atoms with van der Waals surface area (Å²) in [4.78, 5) is 17.0. The molecule has 2 rings (SSSR count). The van der Waals surface area contributed by atoms with Crippen molar-refractivity contribution in [3.63, 3.8) is 0 Å². The first-order valence-corrected chi connectivity index (χ1v) is 6.24. The molecular weight excluding hydrogens is 224 g/mol. The lowest BCUT2D eigenvalue weighted by Crippen LogP contribution is -2.19. The van der Waals surface area contributed by atoms with Crippen LogP contribution in [0.1, 0.15) is 19.3 Å². The molecule has 0 saturated heterocycles. The highest BCUT2D eigenvalue weighted by molar-refractivity contribution is 7.16. The number of fused-ring (bicyclic) bond motifs is 1. The van der Waals surface area contributed by atoms with E-state index in [1.807, 2.05) is 11.4 Å². The predicted octanol–water partition coefficient (Wildman–Crippen LogP) is 1.62. The van der Waals surface area contributed by atoms with Gasteiger partial charge < -0.3 is 5.11 Å². The zero-order valence-corrected chi connectivity index (χ0v) is 9.74. The Morgan fingerprint density at radius 1 is 1.38 bits per heavy atom. The van der Waals surface area contributed by atoms with Crippen LogP contribution in [0.4, 0.5) is 0 Å². The minimum atomic E-state index is 0.0373. The maximum Gasteiger partial charge on any atom is 0.262 e. The Labute approximate surface area is 97.2 Å². The average Bonchev–Trinajstić information content (AvgIpc) is 2.76. The highest BCUT2D eigenvalue weighted by Gasteiger charge is 2.04. The van der Waals surface area contributed by atoms with Crippen molar-refractivity contribution in [3.8, 4) is 0 Å². The number of aliphatic hydroxyl groups excluding tert-OH is 1. The van der Waals surface area contributed by atoms with Crippen LogP contribution in [0.15, 0.2) is 22.6 Å². The Balaban J connectivity index is 2.12. The van der Waals surface area contributed by atoms with Crippen LogP contribution in [-0.4, -0.2) is 21.3 Å². The molecular formula is C11H14N2O2S. The number of hydrogen-bond donors (Lipinski definition) is 1. The Morgan fingerprint density at radius 2 is 2.25 bits per heavy atom. The molecule has 2 aromatic heterocycles. The van der Waals surface area contributed by atoms with E-state index in [1.165, 1.54) is 11.3 Å². The van der Waals surface area contributed by atoms with Gasteiger partial charge in [0.05, 0.1) is 11.7 Å². The molecule has 0 unspecified atom stereocenters. The molecule has 0 aliphatic carbocycles. The van der Waals surface area contributed by atoms with E-state index in [2.05, 4.69) is 4.98 Å². The number of aromatic nitrogens is 2. The van der Waals surface area contributed by atoms with E-state index in [0.29, 0.717) is 11.9 Å². The maximum atomic E-state index is 11.9. The van der Waals surface area contributed by atoms with Crippen LogP contribution >= 0.6 is 11.3 Å². The zero-order valence-electron chi connectivity index (χ0n) is 8.93. The molecule has 2 aromatic rings. The van der Waals surface area contributed by atoms with Crippen molar-refractivity contribution in [2.45, 2.75) is 25.8 Å². The van der Waals surface area contributed by atoms with Gasteiger partial charge in [-0.1, -0.05) is 0 Å². The molecule has 0 radical (unpaired) electrons. The SMILES string of the molecule is O=c1c2ccsc2ncn1CCCCCO. The number of hydrogen-bond acceptors (Lipinski definition) is 4. The van der Waals surface area contributed by atoms with Gasteiger partial charge in [0.1, 0.15) is 4.83 Å². The van der Waals surface area contributed by atoms with Crippen LogP contribution in [0, 0.1) is 0 Å². The Hall–Kier alpha value is -1.20. The second kappa shape index (κ2) is 5.23. The Morgan fingerprint density at radius 3 is 3.06 bits per heavy atom. The van der Waals surface area contributed by atoms with E-state index in [-0.39, 0.29) is 12.2 Å². The molecule has 5 heteroatoms. The van der Waals surface area contributed by atoms with Crippen molar-refractivity contribution in [3.05, 3.63) is 28.1 Å². The first kappa shape index (κ1) is 11.3. The Kier molecular flexibility index (Phi) is 3.69. The molecule has 0 spiro atoms. The van der Waals surface area contributed by atoms with Gasteiger partial charge >= 0.3 is 0 Å². The van der Waals surface area contributed by atoms with Crippen LogP contribution in [0.5, 0.6) is 0 Å². The second-order valence-corrected chi connectivity index (χ2v) is 4.56. The van der Waals surface area contributed by atoms with Crippen LogP contribution in [-0.2, 0) is 6.54 Å². The first-order chi connectivity index (χ1) is 7.83. The van der Waals surface area contributed by atoms with Crippen molar-refractivity contribution in [1.82, 2.24) is 9.55 Å². The summed E-state index contributed by atoms with van der Waals surface area (Å²) in [5.74, 6) is 0. The summed E-state index contributed by atoms with van der Waals surface area (Å²) in [6.45, 7) is 0.897. The lowest BCUT2D eigenvalue weighted by molar-refractivity contribution is 0.281. The summed E-state index contributed by atoms with van der Waals surface area (Å²) in [6.07, 6.45) is 4.24. The molecule has 0 saturated carbocycles. The van der Waals surface area contributed by atoms with E-state index >= 15 is 0 Å². The molecule has 2 heterocycles. The van der Waals surface area contributed by atoms with Crippen molar-refractivity contribution in [2.75, 3.05) is 6.61 Å². The van der Waals surface area contributed by atoms with Crippen molar-refractivity contribution >= 4 is 21.6 Å².